The zero-order valence-corrected chi connectivity index (χ0v) is 20.6. The molecule has 0 saturated carbocycles. The van der Waals surface area contributed by atoms with Crippen LogP contribution in [0, 0.1) is 0 Å². The molecule has 1 aliphatic rings. The third-order valence-corrected chi connectivity index (χ3v) is 8.74. The Kier molecular flexibility index (Phi) is 7.55. The van der Waals surface area contributed by atoms with Crippen LogP contribution in [0.3, 0.4) is 0 Å². The van der Waals surface area contributed by atoms with Crippen molar-refractivity contribution in [2.75, 3.05) is 18.4 Å². The second-order valence-corrected chi connectivity index (χ2v) is 11.2. The third-order valence-electron chi connectivity index (χ3n) is 5.76. The van der Waals surface area contributed by atoms with Crippen LogP contribution in [-0.4, -0.2) is 42.5 Å². The fraction of sp³-hybridized carbons (Fsp3) is 0.320. The molecule has 1 aromatic heterocycles. The van der Waals surface area contributed by atoms with Crippen molar-refractivity contribution in [2.45, 2.75) is 43.9 Å². The molecular formula is C25H27N3O4S2. The van der Waals surface area contributed by atoms with Gasteiger partial charge in [-0.3, -0.25) is 9.59 Å². The van der Waals surface area contributed by atoms with Gasteiger partial charge in [0.2, 0.25) is 15.9 Å². The van der Waals surface area contributed by atoms with Gasteiger partial charge in [-0.05, 0) is 37.0 Å². The van der Waals surface area contributed by atoms with Crippen molar-refractivity contribution < 1.29 is 18.0 Å². The molecule has 4 rings (SSSR count). The molecule has 34 heavy (non-hydrogen) atoms. The number of carbonyl (C=O) groups is 2. The topological polar surface area (TPSA) is 96.4 Å². The number of carbonyl (C=O) groups excluding carboxylic acids is 2. The van der Waals surface area contributed by atoms with E-state index in [0.717, 1.165) is 30.4 Å². The van der Waals surface area contributed by atoms with Crippen LogP contribution in [-0.2, 0) is 21.2 Å². The lowest BCUT2D eigenvalue weighted by atomic mass is 10.1. The quantitative estimate of drug-likeness (QED) is 0.453. The van der Waals surface area contributed by atoms with Crippen molar-refractivity contribution in [3.05, 3.63) is 65.0 Å². The highest BCUT2D eigenvalue weighted by atomic mass is 32.2. The molecule has 1 saturated heterocycles. The van der Waals surface area contributed by atoms with Crippen LogP contribution in [0.1, 0.15) is 47.8 Å². The fourth-order valence-corrected chi connectivity index (χ4v) is 6.34. The van der Waals surface area contributed by atoms with Gasteiger partial charge in [0.1, 0.15) is 0 Å². The Morgan fingerprint density at radius 3 is 2.32 bits per heavy atom. The maximum absolute atomic E-state index is 12.8. The van der Waals surface area contributed by atoms with E-state index in [1.807, 2.05) is 30.3 Å². The first-order valence-corrected chi connectivity index (χ1v) is 13.6. The molecule has 1 aliphatic heterocycles. The zero-order chi connectivity index (χ0) is 24.1. The molecule has 178 valence electrons. The summed E-state index contributed by atoms with van der Waals surface area (Å²) in [5.74, 6) is -0.315. The average molecular weight is 498 g/mol. The molecule has 0 spiro atoms. The van der Waals surface area contributed by atoms with Gasteiger partial charge < -0.3 is 5.32 Å². The lowest BCUT2D eigenvalue weighted by molar-refractivity contribution is -0.116. The highest BCUT2D eigenvalue weighted by Gasteiger charge is 2.25. The first kappa shape index (κ1) is 24.3. The summed E-state index contributed by atoms with van der Waals surface area (Å²) in [5.41, 5.74) is 2.27. The Morgan fingerprint density at radius 2 is 1.68 bits per heavy atom. The van der Waals surface area contributed by atoms with E-state index in [0.29, 0.717) is 35.2 Å². The minimum atomic E-state index is -3.46. The second kappa shape index (κ2) is 10.6. The highest BCUT2D eigenvalue weighted by molar-refractivity contribution is 7.89. The summed E-state index contributed by atoms with van der Waals surface area (Å²) in [6.45, 7) is 2.62. The van der Waals surface area contributed by atoms with Crippen LogP contribution >= 0.6 is 11.3 Å². The third kappa shape index (κ3) is 5.60. The van der Waals surface area contributed by atoms with E-state index >= 15 is 0 Å². The molecular weight excluding hydrogens is 470 g/mol. The number of aromatic nitrogens is 1. The van der Waals surface area contributed by atoms with Crippen LogP contribution in [0.5, 0.6) is 0 Å². The summed E-state index contributed by atoms with van der Waals surface area (Å²) in [7, 11) is -3.46. The zero-order valence-electron chi connectivity index (χ0n) is 19.0. The standard InChI is InChI=1S/C25H27N3O4S2/c1-18(29)24-23(20-8-4-2-5-9-20)27-25(33-24)26-22(30)15-12-19-10-13-21(14-11-19)34(31,32)28-16-6-3-7-17-28/h2,4-5,8-11,13-14H,3,6-7,12,15-17H2,1H3,(H,26,27,30). The number of thiazole rings is 1. The Morgan fingerprint density at radius 1 is 1.00 bits per heavy atom. The van der Waals surface area contributed by atoms with Gasteiger partial charge in [0, 0.05) is 32.0 Å². The van der Waals surface area contributed by atoms with Crippen molar-refractivity contribution in [3.8, 4) is 11.3 Å². The maximum atomic E-state index is 12.8. The first-order chi connectivity index (χ1) is 16.3. The number of amides is 1. The molecule has 0 radical (unpaired) electrons. The fourth-order valence-electron chi connectivity index (χ4n) is 3.93. The molecule has 0 unspecified atom stereocenters. The molecule has 0 aliphatic carbocycles. The minimum Gasteiger partial charge on any atom is -0.302 e. The van der Waals surface area contributed by atoms with Gasteiger partial charge in [-0.1, -0.05) is 60.2 Å². The van der Waals surface area contributed by atoms with E-state index < -0.39 is 10.0 Å². The molecule has 3 aromatic rings. The molecule has 1 N–H and O–H groups in total. The van der Waals surface area contributed by atoms with Gasteiger partial charge in [-0.25, -0.2) is 13.4 Å². The summed E-state index contributed by atoms with van der Waals surface area (Å²) in [6, 6.07) is 16.1. The molecule has 2 aromatic carbocycles. The number of nitrogens with zero attached hydrogens (tertiary/aromatic N) is 2. The molecule has 7 nitrogen and oxygen atoms in total. The molecule has 1 amide bonds. The number of aryl methyl sites for hydroxylation is 1. The van der Waals surface area contributed by atoms with Crippen molar-refractivity contribution in [3.63, 3.8) is 0 Å². The predicted octanol–water partition coefficient (Wildman–Crippen LogP) is 4.76. The van der Waals surface area contributed by atoms with Crippen molar-refractivity contribution in [2.24, 2.45) is 0 Å². The molecule has 9 heteroatoms. The van der Waals surface area contributed by atoms with E-state index in [2.05, 4.69) is 10.3 Å². The van der Waals surface area contributed by atoms with Crippen molar-refractivity contribution in [1.29, 1.82) is 0 Å². The number of Topliss-reactive ketones (excluding diaryl/α,β-unsaturated/α-hetero) is 1. The number of hydrogen-bond acceptors (Lipinski definition) is 6. The van der Waals surface area contributed by atoms with Crippen molar-refractivity contribution >= 4 is 38.2 Å². The number of piperidine rings is 1. The Hall–Kier alpha value is -2.88. The number of nitrogens with one attached hydrogen (secondary N) is 1. The second-order valence-electron chi connectivity index (χ2n) is 8.28. The number of hydrogen-bond donors (Lipinski definition) is 1. The number of anilines is 1. The van der Waals surface area contributed by atoms with Gasteiger partial charge in [0.05, 0.1) is 15.5 Å². The van der Waals surface area contributed by atoms with Crippen LogP contribution in [0.4, 0.5) is 5.13 Å². The van der Waals surface area contributed by atoms with Crippen LogP contribution in [0.15, 0.2) is 59.5 Å². The lowest BCUT2D eigenvalue weighted by Crippen LogP contribution is -2.35. The normalized spacial score (nSPS) is 14.6. The molecule has 0 atom stereocenters. The van der Waals surface area contributed by atoms with Gasteiger partial charge >= 0.3 is 0 Å². The summed E-state index contributed by atoms with van der Waals surface area (Å²) in [5, 5.41) is 3.18. The average Bonchev–Trinajstić information content (AvgIpc) is 3.28. The largest absolute Gasteiger partial charge is 0.302 e. The van der Waals surface area contributed by atoms with Crippen LogP contribution < -0.4 is 5.32 Å². The monoisotopic (exact) mass is 497 g/mol. The van der Waals surface area contributed by atoms with Crippen LogP contribution in [0.25, 0.3) is 11.3 Å². The predicted molar refractivity (Wildman–Crippen MR) is 134 cm³/mol. The number of ketones is 1. The van der Waals surface area contributed by atoms with E-state index in [9.17, 15) is 18.0 Å². The molecule has 0 bridgehead atoms. The number of sulfonamides is 1. The summed E-state index contributed by atoms with van der Waals surface area (Å²) in [6.07, 6.45) is 3.54. The smallest absolute Gasteiger partial charge is 0.243 e. The number of rotatable bonds is 8. The Bertz CT molecular complexity index is 1260. The Labute approximate surface area is 203 Å². The van der Waals surface area contributed by atoms with E-state index in [4.69, 9.17) is 0 Å². The molecule has 1 fully saturated rings. The van der Waals surface area contributed by atoms with Crippen LogP contribution in [0.2, 0.25) is 0 Å². The first-order valence-electron chi connectivity index (χ1n) is 11.3. The van der Waals surface area contributed by atoms with E-state index in [1.165, 1.54) is 18.3 Å². The van der Waals surface area contributed by atoms with E-state index in [1.54, 1.807) is 28.6 Å². The van der Waals surface area contributed by atoms with Gasteiger partial charge in [0.15, 0.2) is 10.9 Å². The summed E-state index contributed by atoms with van der Waals surface area (Å²) in [4.78, 5) is 29.8. The minimum absolute atomic E-state index is 0.101. The summed E-state index contributed by atoms with van der Waals surface area (Å²) < 4.78 is 27.1. The lowest BCUT2D eigenvalue weighted by Gasteiger charge is -2.25. The SMILES string of the molecule is CC(=O)c1sc(NC(=O)CCc2ccc(S(=O)(=O)N3CCCCC3)cc2)nc1-c1ccccc1. The molecule has 2 heterocycles. The van der Waals surface area contributed by atoms with Gasteiger partial charge in [0.25, 0.3) is 0 Å². The van der Waals surface area contributed by atoms with Gasteiger partial charge in [-0.2, -0.15) is 4.31 Å². The Balaban J connectivity index is 1.37. The van der Waals surface area contributed by atoms with Crippen molar-refractivity contribution in [1.82, 2.24) is 9.29 Å². The van der Waals surface area contributed by atoms with Gasteiger partial charge in [-0.15, -0.1) is 0 Å². The maximum Gasteiger partial charge on any atom is 0.243 e. The highest BCUT2D eigenvalue weighted by Crippen LogP contribution is 2.31. The number of benzene rings is 2. The van der Waals surface area contributed by atoms with E-state index in [-0.39, 0.29) is 23.0 Å². The summed E-state index contributed by atoms with van der Waals surface area (Å²) >= 11 is 1.17.